The molecule has 0 bridgehead atoms. The highest BCUT2D eigenvalue weighted by atomic mass is 16.4. The second-order valence-corrected chi connectivity index (χ2v) is 4.82. The van der Waals surface area contributed by atoms with E-state index >= 15 is 0 Å². The topological polar surface area (TPSA) is 66.4 Å². The molecule has 0 aliphatic heterocycles. The first kappa shape index (κ1) is 15.2. The molecule has 0 radical (unpaired) electrons. The zero-order valence-electron chi connectivity index (χ0n) is 11.7. The number of rotatable bonds is 6. The maximum atomic E-state index is 12.1. The van der Waals surface area contributed by atoms with Gasteiger partial charge in [-0.3, -0.25) is 4.79 Å². The fourth-order valence-corrected chi connectivity index (χ4v) is 1.97. The molecule has 4 nitrogen and oxygen atoms in total. The van der Waals surface area contributed by atoms with Gasteiger partial charge in [-0.05, 0) is 31.9 Å². The molecule has 1 aromatic rings. The number of carboxylic acid groups (broad SMARTS) is 1. The minimum atomic E-state index is -0.980. The molecule has 0 aliphatic rings. The van der Waals surface area contributed by atoms with E-state index in [-0.39, 0.29) is 5.91 Å². The van der Waals surface area contributed by atoms with Gasteiger partial charge in [-0.1, -0.05) is 37.5 Å². The van der Waals surface area contributed by atoms with Gasteiger partial charge < -0.3 is 10.4 Å². The number of nitrogens with one attached hydrogen (secondary N) is 1. The van der Waals surface area contributed by atoms with Crippen LogP contribution in [0.25, 0.3) is 0 Å². The molecule has 0 saturated carbocycles. The molecule has 1 unspecified atom stereocenters. The Kier molecular flexibility index (Phi) is 5.55. The Morgan fingerprint density at radius 2 is 2.00 bits per heavy atom. The third-order valence-electron chi connectivity index (χ3n) is 3.08. The van der Waals surface area contributed by atoms with E-state index in [1.807, 2.05) is 32.9 Å². The summed E-state index contributed by atoms with van der Waals surface area (Å²) in [6.07, 6.45) is 2.15. The quantitative estimate of drug-likeness (QED) is 0.829. The molecule has 1 rings (SSSR count). The van der Waals surface area contributed by atoms with Gasteiger partial charge in [0.2, 0.25) is 0 Å². The number of carbonyl (C=O) groups is 2. The molecule has 0 heterocycles. The summed E-state index contributed by atoms with van der Waals surface area (Å²) in [7, 11) is 0. The van der Waals surface area contributed by atoms with E-state index in [4.69, 9.17) is 5.11 Å². The number of amides is 1. The number of carbonyl (C=O) groups excluding carboxylic acids is 1. The van der Waals surface area contributed by atoms with E-state index in [1.165, 1.54) is 0 Å². The monoisotopic (exact) mass is 263 g/mol. The number of hydrogen-bond acceptors (Lipinski definition) is 2. The maximum absolute atomic E-state index is 12.1. The number of carboxylic acids is 1. The molecule has 19 heavy (non-hydrogen) atoms. The first-order chi connectivity index (χ1) is 8.95. The van der Waals surface area contributed by atoms with Crippen molar-refractivity contribution in [3.05, 3.63) is 34.9 Å². The predicted molar refractivity (Wildman–Crippen MR) is 74.3 cm³/mol. The lowest BCUT2D eigenvalue weighted by atomic mass is 10.0. The van der Waals surface area contributed by atoms with Crippen molar-refractivity contribution in [1.82, 2.24) is 5.32 Å². The van der Waals surface area contributed by atoms with Crippen molar-refractivity contribution < 1.29 is 14.7 Å². The van der Waals surface area contributed by atoms with Crippen molar-refractivity contribution in [2.24, 2.45) is 0 Å². The summed E-state index contributed by atoms with van der Waals surface area (Å²) in [6.45, 7) is 5.80. The van der Waals surface area contributed by atoms with Gasteiger partial charge in [-0.25, -0.2) is 4.79 Å². The smallest absolute Gasteiger partial charge is 0.326 e. The average Bonchev–Trinajstić information content (AvgIpc) is 2.33. The second-order valence-electron chi connectivity index (χ2n) is 4.82. The fraction of sp³-hybridized carbons (Fsp3) is 0.467. The van der Waals surface area contributed by atoms with Crippen LogP contribution in [0.15, 0.2) is 18.2 Å². The summed E-state index contributed by atoms with van der Waals surface area (Å²) in [5.41, 5.74) is 2.47. The van der Waals surface area contributed by atoms with Crippen LogP contribution in [0.3, 0.4) is 0 Å². The predicted octanol–water partition coefficient (Wildman–Crippen LogP) is 2.68. The van der Waals surface area contributed by atoms with Crippen LogP contribution in [0.4, 0.5) is 0 Å². The third-order valence-corrected chi connectivity index (χ3v) is 3.08. The third kappa shape index (κ3) is 4.39. The standard InChI is InChI=1S/C15H21NO3/c1-4-5-6-13(15(18)19)16-14(17)12-8-7-10(2)9-11(12)3/h7-9,13H,4-6H2,1-3H3,(H,16,17)(H,18,19). The van der Waals surface area contributed by atoms with Crippen molar-refractivity contribution >= 4 is 11.9 Å². The van der Waals surface area contributed by atoms with Gasteiger partial charge in [0.1, 0.15) is 6.04 Å². The van der Waals surface area contributed by atoms with Crippen molar-refractivity contribution in [2.75, 3.05) is 0 Å². The summed E-state index contributed by atoms with van der Waals surface area (Å²) >= 11 is 0. The minimum Gasteiger partial charge on any atom is -0.480 e. The normalized spacial score (nSPS) is 11.9. The van der Waals surface area contributed by atoms with Crippen LogP contribution in [0.1, 0.15) is 47.7 Å². The summed E-state index contributed by atoms with van der Waals surface area (Å²) in [6, 6.07) is 4.69. The van der Waals surface area contributed by atoms with Crippen LogP contribution >= 0.6 is 0 Å². The van der Waals surface area contributed by atoms with Crippen molar-refractivity contribution in [1.29, 1.82) is 0 Å². The van der Waals surface area contributed by atoms with Crippen molar-refractivity contribution in [3.8, 4) is 0 Å². The van der Waals surface area contributed by atoms with E-state index in [9.17, 15) is 9.59 Å². The van der Waals surface area contributed by atoms with E-state index in [0.717, 1.165) is 24.0 Å². The number of benzene rings is 1. The Bertz CT molecular complexity index is 468. The summed E-state index contributed by atoms with van der Waals surface area (Å²) in [5.74, 6) is -1.30. The largest absolute Gasteiger partial charge is 0.480 e. The molecule has 0 saturated heterocycles. The van der Waals surface area contributed by atoms with Gasteiger partial charge >= 0.3 is 5.97 Å². The van der Waals surface area contributed by atoms with Gasteiger partial charge in [-0.15, -0.1) is 0 Å². The highest BCUT2D eigenvalue weighted by Gasteiger charge is 2.20. The molecular formula is C15H21NO3. The zero-order chi connectivity index (χ0) is 14.4. The SMILES string of the molecule is CCCCC(NC(=O)c1ccc(C)cc1C)C(=O)O. The number of aryl methyl sites for hydroxylation is 2. The van der Waals surface area contributed by atoms with Crippen LogP contribution in [0.5, 0.6) is 0 Å². The van der Waals surface area contributed by atoms with Crippen LogP contribution in [-0.4, -0.2) is 23.0 Å². The average molecular weight is 263 g/mol. The number of hydrogen-bond donors (Lipinski definition) is 2. The lowest BCUT2D eigenvalue weighted by Gasteiger charge is -2.15. The van der Waals surface area contributed by atoms with Crippen LogP contribution in [0, 0.1) is 13.8 Å². The minimum absolute atomic E-state index is 0.319. The maximum Gasteiger partial charge on any atom is 0.326 e. The summed E-state index contributed by atoms with van der Waals surface area (Å²) in [4.78, 5) is 23.2. The van der Waals surface area contributed by atoms with Gasteiger partial charge in [-0.2, -0.15) is 0 Å². The molecule has 0 spiro atoms. The highest BCUT2D eigenvalue weighted by molar-refractivity contribution is 5.97. The molecule has 2 N–H and O–H groups in total. The Morgan fingerprint density at radius 1 is 1.32 bits per heavy atom. The Hall–Kier alpha value is -1.84. The molecule has 4 heteroatoms. The van der Waals surface area contributed by atoms with E-state index in [2.05, 4.69) is 5.32 Å². The van der Waals surface area contributed by atoms with Gasteiger partial charge in [0.15, 0.2) is 0 Å². The lowest BCUT2D eigenvalue weighted by Crippen LogP contribution is -2.41. The van der Waals surface area contributed by atoms with E-state index in [0.29, 0.717) is 12.0 Å². The van der Waals surface area contributed by atoms with Crippen LogP contribution < -0.4 is 5.32 Å². The molecule has 1 atom stereocenters. The molecular weight excluding hydrogens is 242 g/mol. The zero-order valence-corrected chi connectivity index (χ0v) is 11.7. The summed E-state index contributed by atoms with van der Waals surface area (Å²) in [5, 5.41) is 11.7. The lowest BCUT2D eigenvalue weighted by molar-refractivity contribution is -0.139. The van der Waals surface area contributed by atoms with E-state index < -0.39 is 12.0 Å². The molecule has 1 aromatic carbocycles. The highest BCUT2D eigenvalue weighted by Crippen LogP contribution is 2.11. The van der Waals surface area contributed by atoms with Gasteiger partial charge in [0.25, 0.3) is 5.91 Å². The Balaban J connectivity index is 2.78. The molecule has 104 valence electrons. The first-order valence-corrected chi connectivity index (χ1v) is 6.56. The first-order valence-electron chi connectivity index (χ1n) is 6.56. The summed E-state index contributed by atoms with van der Waals surface area (Å²) < 4.78 is 0. The Morgan fingerprint density at radius 3 is 2.53 bits per heavy atom. The van der Waals surface area contributed by atoms with Crippen LogP contribution in [-0.2, 0) is 4.79 Å². The van der Waals surface area contributed by atoms with E-state index in [1.54, 1.807) is 6.07 Å². The fourth-order valence-electron chi connectivity index (χ4n) is 1.97. The molecule has 1 amide bonds. The second kappa shape index (κ2) is 6.92. The van der Waals surface area contributed by atoms with Gasteiger partial charge in [0, 0.05) is 5.56 Å². The van der Waals surface area contributed by atoms with Gasteiger partial charge in [0.05, 0.1) is 0 Å². The Labute approximate surface area is 113 Å². The van der Waals surface area contributed by atoms with Crippen molar-refractivity contribution in [2.45, 2.75) is 46.1 Å². The molecule has 0 aliphatic carbocycles. The molecule has 0 aromatic heterocycles. The van der Waals surface area contributed by atoms with Crippen LogP contribution in [0.2, 0.25) is 0 Å². The molecule has 0 fully saturated rings. The number of aliphatic carboxylic acids is 1. The number of unbranched alkanes of at least 4 members (excludes halogenated alkanes) is 1. The van der Waals surface area contributed by atoms with Crippen molar-refractivity contribution in [3.63, 3.8) is 0 Å².